The van der Waals surface area contributed by atoms with Crippen molar-refractivity contribution in [2.24, 2.45) is 11.3 Å². The van der Waals surface area contributed by atoms with Crippen molar-refractivity contribution in [1.29, 1.82) is 0 Å². The summed E-state index contributed by atoms with van der Waals surface area (Å²) in [5, 5.41) is 0. The van der Waals surface area contributed by atoms with E-state index in [-0.39, 0.29) is 0 Å². The summed E-state index contributed by atoms with van der Waals surface area (Å²) in [4.78, 5) is 2.52. The van der Waals surface area contributed by atoms with E-state index < -0.39 is 0 Å². The first-order valence-corrected chi connectivity index (χ1v) is 7.10. The molecule has 0 aliphatic carbocycles. The van der Waals surface area contributed by atoms with Crippen LogP contribution in [0.25, 0.3) is 0 Å². The molecule has 2 heteroatoms. The summed E-state index contributed by atoms with van der Waals surface area (Å²) in [5.74, 6) is 0.824. The van der Waals surface area contributed by atoms with Gasteiger partial charge in [0.1, 0.15) is 0 Å². The van der Waals surface area contributed by atoms with Crippen LogP contribution in [0.4, 0.5) is 5.69 Å². The van der Waals surface area contributed by atoms with Crippen LogP contribution in [0.15, 0.2) is 16.6 Å². The highest BCUT2D eigenvalue weighted by atomic mass is 79.9. The number of rotatable bonds is 1. The standard InChI is InChI=1S/C15H22BrN/c1-10-6-13(16)7-11(2)14(10)17-8-12(9-17)15(3,4)5/h6-7,12H,8-9H2,1-5H3. The number of hydrogen-bond donors (Lipinski definition) is 0. The summed E-state index contributed by atoms with van der Waals surface area (Å²) in [7, 11) is 0. The van der Waals surface area contributed by atoms with Crippen LogP contribution in [0.5, 0.6) is 0 Å². The molecule has 1 saturated heterocycles. The number of nitrogens with zero attached hydrogens (tertiary/aromatic N) is 1. The molecule has 0 unspecified atom stereocenters. The Morgan fingerprint density at radius 2 is 1.59 bits per heavy atom. The second kappa shape index (κ2) is 4.31. The molecular formula is C15H22BrN. The van der Waals surface area contributed by atoms with Gasteiger partial charge in [-0.3, -0.25) is 0 Å². The highest BCUT2D eigenvalue weighted by Gasteiger charge is 2.36. The smallest absolute Gasteiger partial charge is 0.0426 e. The zero-order chi connectivity index (χ0) is 12.8. The van der Waals surface area contributed by atoms with Crippen LogP contribution in [0, 0.1) is 25.2 Å². The maximum absolute atomic E-state index is 3.56. The van der Waals surface area contributed by atoms with Crippen molar-refractivity contribution in [3.63, 3.8) is 0 Å². The van der Waals surface area contributed by atoms with Gasteiger partial charge in [0.05, 0.1) is 0 Å². The molecule has 1 aromatic carbocycles. The number of aryl methyl sites for hydroxylation is 2. The molecule has 1 aliphatic rings. The molecule has 1 aromatic rings. The summed E-state index contributed by atoms with van der Waals surface area (Å²) in [6.07, 6.45) is 0. The molecule has 0 saturated carbocycles. The van der Waals surface area contributed by atoms with Crippen molar-refractivity contribution < 1.29 is 0 Å². The summed E-state index contributed by atoms with van der Waals surface area (Å²) < 4.78 is 1.18. The molecule has 0 atom stereocenters. The van der Waals surface area contributed by atoms with Crippen LogP contribution in [0.1, 0.15) is 31.9 Å². The minimum atomic E-state index is 0.438. The third kappa shape index (κ3) is 2.52. The minimum absolute atomic E-state index is 0.438. The lowest BCUT2D eigenvalue weighted by molar-refractivity contribution is 0.195. The first-order chi connectivity index (χ1) is 7.79. The van der Waals surface area contributed by atoms with Gasteiger partial charge in [0.15, 0.2) is 0 Å². The van der Waals surface area contributed by atoms with Gasteiger partial charge in [0.25, 0.3) is 0 Å². The fourth-order valence-electron chi connectivity index (χ4n) is 2.61. The Hall–Kier alpha value is -0.500. The average Bonchev–Trinajstić information content (AvgIpc) is 2.04. The second-order valence-electron chi connectivity index (χ2n) is 6.36. The van der Waals surface area contributed by atoms with Crippen molar-refractivity contribution in [2.45, 2.75) is 34.6 Å². The van der Waals surface area contributed by atoms with Crippen molar-refractivity contribution >= 4 is 21.6 Å². The number of halogens is 1. The predicted octanol–water partition coefficient (Wildman–Crippen LogP) is 4.55. The molecule has 1 heterocycles. The van der Waals surface area contributed by atoms with Gasteiger partial charge in [-0.25, -0.2) is 0 Å². The van der Waals surface area contributed by atoms with E-state index in [1.54, 1.807) is 0 Å². The first kappa shape index (κ1) is 12.9. The van der Waals surface area contributed by atoms with Gasteiger partial charge in [-0.15, -0.1) is 0 Å². The maximum Gasteiger partial charge on any atom is 0.0426 e. The monoisotopic (exact) mass is 295 g/mol. The number of anilines is 1. The van der Waals surface area contributed by atoms with Crippen LogP contribution in [-0.2, 0) is 0 Å². The van der Waals surface area contributed by atoms with Crippen molar-refractivity contribution in [3.05, 3.63) is 27.7 Å². The zero-order valence-corrected chi connectivity index (χ0v) is 13.1. The summed E-state index contributed by atoms with van der Waals surface area (Å²) in [6, 6.07) is 4.43. The number of benzene rings is 1. The molecular weight excluding hydrogens is 274 g/mol. The minimum Gasteiger partial charge on any atom is -0.370 e. The van der Waals surface area contributed by atoms with Crippen molar-refractivity contribution in [1.82, 2.24) is 0 Å². The third-order valence-electron chi connectivity index (χ3n) is 3.88. The Balaban J connectivity index is 2.17. The second-order valence-corrected chi connectivity index (χ2v) is 7.27. The Kier molecular flexibility index (Phi) is 3.28. The quantitative estimate of drug-likeness (QED) is 0.735. The predicted molar refractivity (Wildman–Crippen MR) is 78.8 cm³/mol. The van der Waals surface area contributed by atoms with E-state index in [4.69, 9.17) is 0 Å². The zero-order valence-electron chi connectivity index (χ0n) is 11.5. The van der Waals surface area contributed by atoms with Gasteiger partial charge < -0.3 is 4.90 Å². The van der Waals surface area contributed by atoms with E-state index in [9.17, 15) is 0 Å². The molecule has 0 N–H and O–H groups in total. The molecule has 94 valence electrons. The van der Waals surface area contributed by atoms with E-state index in [2.05, 4.69) is 67.6 Å². The lowest BCUT2D eigenvalue weighted by atomic mass is 9.75. The van der Waals surface area contributed by atoms with Crippen LogP contribution in [0.3, 0.4) is 0 Å². The van der Waals surface area contributed by atoms with Gasteiger partial charge in [0.2, 0.25) is 0 Å². The van der Waals surface area contributed by atoms with Crippen LogP contribution >= 0.6 is 15.9 Å². The molecule has 1 nitrogen and oxygen atoms in total. The van der Waals surface area contributed by atoms with Gasteiger partial charge in [-0.05, 0) is 48.4 Å². The highest BCUT2D eigenvalue weighted by molar-refractivity contribution is 9.10. The van der Waals surface area contributed by atoms with E-state index >= 15 is 0 Å². The summed E-state index contributed by atoms with van der Waals surface area (Å²) >= 11 is 3.56. The lowest BCUT2D eigenvalue weighted by Gasteiger charge is -2.48. The average molecular weight is 296 g/mol. The Morgan fingerprint density at radius 1 is 1.12 bits per heavy atom. The maximum atomic E-state index is 3.56. The molecule has 1 aliphatic heterocycles. The SMILES string of the molecule is Cc1cc(Br)cc(C)c1N1CC(C(C)(C)C)C1. The molecule has 0 aromatic heterocycles. The molecule has 0 radical (unpaired) electrons. The van der Waals surface area contributed by atoms with E-state index in [1.165, 1.54) is 34.4 Å². The van der Waals surface area contributed by atoms with E-state index in [0.717, 1.165) is 5.92 Å². The molecule has 1 fully saturated rings. The van der Waals surface area contributed by atoms with Crippen molar-refractivity contribution in [3.8, 4) is 0 Å². The highest BCUT2D eigenvalue weighted by Crippen LogP contribution is 2.39. The summed E-state index contributed by atoms with van der Waals surface area (Å²) in [6.45, 7) is 13.8. The molecule has 2 rings (SSSR count). The van der Waals surface area contributed by atoms with Gasteiger partial charge in [-0.1, -0.05) is 36.7 Å². The molecule has 17 heavy (non-hydrogen) atoms. The topological polar surface area (TPSA) is 3.24 Å². The largest absolute Gasteiger partial charge is 0.370 e. The fourth-order valence-corrected chi connectivity index (χ4v) is 3.30. The molecule has 0 bridgehead atoms. The summed E-state index contributed by atoms with van der Waals surface area (Å²) in [5.41, 5.74) is 4.63. The Bertz CT molecular complexity index is 402. The van der Waals surface area contributed by atoms with E-state index in [0.29, 0.717) is 5.41 Å². The molecule has 0 spiro atoms. The van der Waals surface area contributed by atoms with Crippen LogP contribution in [-0.4, -0.2) is 13.1 Å². The van der Waals surface area contributed by atoms with Gasteiger partial charge >= 0.3 is 0 Å². The van der Waals surface area contributed by atoms with Crippen LogP contribution in [0.2, 0.25) is 0 Å². The Morgan fingerprint density at radius 3 is 2.00 bits per heavy atom. The van der Waals surface area contributed by atoms with E-state index in [1.807, 2.05) is 0 Å². The fraction of sp³-hybridized carbons (Fsp3) is 0.600. The lowest BCUT2D eigenvalue weighted by Crippen LogP contribution is -2.52. The van der Waals surface area contributed by atoms with Crippen LogP contribution < -0.4 is 4.90 Å². The number of hydrogen-bond acceptors (Lipinski definition) is 1. The van der Waals surface area contributed by atoms with Gasteiger partial charge in [0, 0.05) is 23.2 Å². The molecule has 0 amide bonds. The Labute approximate surface area is 113 Å². The van der Waals surface area contributed by atoms with Crippen molar-refractivity contribution in [2.75, 3.05) is 18.0 Å². The van der Waals surface area contributed by atoms with Gasteiger partial charge in [-0.2, -0.15) is 0 Å². The third-order valence-corrected chi connectivity index (χ3v) is 4.34. The normalized spacial score (nSPS) is 17.2. The first-order valence-electron chi connectivity index (χ1n) is 6.30.